The topological polar surface area (TPSA) is 38.3 Å². The molecule has 2 aromatic carbocycles. The van der Waals surface area contributed by atoms with E-state index in [1.807, 2.05) is 0 Å². The monoisotopic (exact) mass is 323 g/mol. The maximum absolute atomic E-state index is 13.6. The van der Waals surface area contributed by atoms with E-state index in [4.69, 9.17) is 4.74 Å². The highest BCUT2D eigenvalue weighted by molar-refractivity contribution is 9.10. The molecule has 0 aromatic heterocycles. The molecule has 1 N–H and O–H groups in total. The fourth-order valence-corrected chi connectivity index (χ4v) is 2.13. The van der Waals surface area contributed by atoms with Gasteiger partial charge in [0.15, 0.2) is 0 Å². The number of hydrogen-bond acceptors (Lipinski definition) is 2. The van der Waals surface area contributed by atoms with E-state index in [1.54, 1.807) is 30.3 Å². The number of benzene rings is 2. The molecule has 2 aromatic rings. The van der Waals surface area contributed by atoms with Gasteiger partial charge in [0.25, 0.3) is 5.91 Å². The molecular weight excluding hydrogens is 313 g/mol. The van der Waals surface area contributed by atoms with Crippen LogP contribution in [0.5, 0.6) is 5.75 Å². The molecule has 0 saturated carbocycles. The fourth-order valence-electron chi connectivity index (χ4n) is 1.61. The Morgan fingerprint density at radius 2 is 2.00 bits per heavy atom. The number of carbonyl (C=O) groups is 1. The number of hydrogen-bond donors (Lipinski definition) is 1. The third kappa shape index (κ3) is 3.12. The standard InChI is InChI=1S/C14H11BrFNO2/c1-19-10-5-2-4-9(8-10)17-14(18)13-11(15)6-3-7-12(13)16/h2-8H,1H3,(H,17,18). The number of carbonyl (C=O) groups excluding carboxylic acids is 1. The van der Waals surface area contributed by atoms with E-state index in [1.165, 1.54) is 19.2 Å². The van der Waals surface area contributed by atoms with Crippen molar-refractivity contribution >= 4 is 27.5 Å². The minimum atomic E-state index is -0.574. The number of anilines is 1. The summed E-state index contributed by atoms with van der Waals surface area (Å²) < 4.78 is 19.1. The molecule has 0 bridgehead atoms. The molecule has 98 valence electrons. The lowest BCUT2D eigenvalue weighted by molar-refractivity contribution is 0.102. The molecule has 0 radical (unpaired) electrons. The SMILES string of the molecule is COc1cccc(NC(=O)c2c(F)cccc2Br)c1. The van der Waals surface area contributed by atoms with Gasteiger partial charge >= 0.3 is 0 Å². The Kier molecular flexibility index (Phi) is 4.16. The van der Waals surface area contributed by atoms with Crippen LogP contribution in [0.15, 0.2) is 46.9 Å². The molecular formula is C14H11BrFNO2. The molecule has 0 aliphatic carbocycles. The molecule has 0 atom stereocenters. The van der Waals surface area contributed by atoms with Gasteiger partial charge in [-0.15, -0.1) is 0 Å². The van der Waals surface area contributed by atoms with Crippen molar-refractivity contribution in [1.29, 1.82) is 0 Å². The average molecular weight is 324 g/mol. The molecule has 0 fully saturated rings. The zero-order valence-corrected chi connectivity index (χ0v) is 11.7. The van der Waals surface area contributed by atoms with Crippen molar-refractivity contribution < 1.29 is 13.9 Å². The summed E-state index contributed by atoms with van der Waals surface area (Å²) in [6.07, 6.45) is 0. The Balaban J connectivity index is 2.26. The summed E-state index contributed by atoms with van der Waals surface area (Å²) in [7, 11) is 1.54. The van der Waals surface area contributed by atoms with Crippen LogP contribution in [-0.2, 0) is 0 Å². The highest BCUT2D eigenvalue weighted by Crippen LogP contribution is 2.22. The van der Waals surface area contributed by atoms with Crippen LogP contribution in [0.2, 0.25) is 0 Å². The number of halogens is 2. The van der Waals surface area contributed by atoms with Crippen LogP contribution in [0.4, 0.5) is 10.1 Å². The summed E-state index contributed by atoms with van der Waals surface area (Å²) in [5, 5.41) is 2.63. The zero-order valence-electron chi connectivity index (χ0n) is 10.1. The highest BCUT2D eigenvalue weighted by Gasteiger charge is 2.15. The molecule has 19 heavy (non-hydrogen) atoms. The first-order chi connectivity index (χ1) is 9.11. The van der Waals surface area contributed by atoms with Gasteiger partial charge in [-0.25, -0.2) is 4.39 Å². The summed E-state index contributed by atoms with van der Waals surface area (Å²) in [6.45, 7) is 0. The Morgan fingerprint density at radius 3 is 2.68 bits per heavy atom. The minimum absolute atomic E-state index is 0.0229. The van der Waals surface area contributed by atoms with E-state index in [-0.39, 0.29) is 5.56 Å². The number of nitrogens with one attached hydrogen (secondary N) is 1. The van der Waals surface area contributed by atoms with Crippen LogP contribution in [0.3, 0.4) is 0 Å². The normalized spacial score (nSPS) is 10.1. The van der Waals surface area contributed by atoms with Gasteiger partial charge in [-0.05, 0) is 40.2 Å². The van der Waals surface area contributed by atoms with Crippen molar-refractivity contribution in [2.24, 2.45) is 0 Å². The molecule has 3 nitrogen and oxygen atoms in total. The Hall–Kier alpha value is -1.88. The molecule has 1 amide bonds. The summed E-state index contributed by atoms with van der Waals surface area (Å²) in [4.78, 5) is 12.0. The predicted molar refractivity (Wildman–Crippen MR) is 75.0 cm³/mol. The van der Waals surface area contributed by atoms with Crippen molar-refractivity contribution in [2.45, 2.75) is 0 Å². The lowest BCUT2D eigenvalue weighted by atomic mass is 10.2. The van der Waals surface area contributed by atoms with Gasteiger partial charge in [-0.3, -0.25) is 4.79 Å². The van der Waals surface area contributed by atoms with Gasteiger partial charge < -0.3 is 10.1 Å². The second-order valence-electron chi connectivity index (χ2n) is 3.78. The van der Waals surface area contributed by atoms with Gasteiger partial charge in [-0.1, -0.05) is 12.1 Å². The maximum atomic E-state index is 13.6. The lowest BCUT2D eigenvalue weighted by Gasteiger charge is -2.09. The average Bonchev–Trinajstić information content (AvgIpc) is 2.38. The van der Waals surface area contributed by atoms with Crippen molar-refractivity contribution in [1.82, 2.24) is 0 Å². The van der Waals surface area contributed by atoms with Crippen molar-refractivity contribution in [2.75, 3.05) is 12.4 Å². The van der Waals surface area contributed by atoms with E-state index >= 15 is 0 Å². The fraction of sp³-hybridized carbons (Fsp3) is 0.0714. The highest BCUT2D eigenvalue weighted by atomic mass is 79.9. The molecule has 0 spiro atoms. The smallest absolute Gasteiger partial charge is 0.259 e. The van der Waals surface area contributed by atoms with Gasteiger partial charge in [0.1, 0.15) is 11.6 Å². The molecule has 0 saturated heterocycles. The second-order valence-corrected chi connectivity index (χ2v) is 4.64. The quantitative estimate of drug-likeness (QED) is 0.931. The van der Waals surface area contributed by atoms with Crippen molar-refractivity contribution in [3.8, 4) is 5.75 Å². The van der Waals surface area contributed by atoms with E-state index in [0.717, 1.165) is 0 Å². The Labute approximate surface area is 118 Å². The molecule has 0 unspecified atom stereocenters. The first-order valence-electron chi connectivity index (χ1n) is 5.51. The lowest BCUT2D eigenvalue weighted by Crippen LogP contribution is -2.14. The maximum Gasteiger partial charge on any atom is 0.259 e. The van der Waals surface area contributed by atoms with Crippen LogP contribution in [-0.4, -0.2) is 13.0 Å². The number of rotatable bonds is 3. The van der Waals surface area contributed by atoms with Crippen LogP contribution in [0, 0.1) is 5.82 Å². The Bertz CT molecular complexity index is 596. The summed E-state index contributed by atoms with van der Waals surface area (Å²) in [6, 6.07) is 11.2. The van der Waals surface area contributed by atoms with Crippen LogP contribution >= 0.6 is 15.9 Å². The Morgan fingerprint density at radius 1 is 1.26 bits per heavy atom. The molecule has 0 aliphatic rings. The summed E-state index contributed by atoms with van der Waals surface area (Å²) in [5.41, 5.74) is 0.518. The third-order valence-corrected chi connectivity index (χ3v) is 3.18. The first-order valence-corrected chi connectivity index (χ1v) is 6.30. The number of methoxy groups -OCH3 is 1. The van der Waals surface area contributed by atoms with Crippen LogP contribution < -0.4 is 10.1 Å². The van der Waals surface area contributed by atoms with Gasteiger partial charge in [0.2, 0.25) is 0 Å². The molecule has 0 heterocycles. The van der Waals surface area contributed by atoms with E-state index in [0.29, 0.717) is 15.9 Å². The van der Waals surface area contributed by atoms with Crippen LogP contribution in [0.25, 0.3) is 0 Å². The van der Waals surface area contributed by atoms with E-state index < -0.39 is 11.7 Å². The van der Waals surface area contributed by atoms with E-state index in [2.05, 4.69) is 21.2 Å². The van der Waals surface area contributed by atoms with Gasteiger partial charge in [0, 0.05) is 16.2 Å². The van der Waals surface area contributed by atoms with Crippen LogP contribution in [0.1, 0.15) is 10.4 Å². The summed E-state index contributed by atoms with van der Waals surface area (Å²) in [5.74, 6) is -0.474. The first kappa shape index (κ1) is 13.5. The predicted octanol–water partition coefficient (Wildman–Crippen LogP) is 3.85. The number of ether oxygens (including phenoxy) is 1. The molecule has 2 rings (SSSR count). The molecule has 0 aliphatic heterocycles. The van der Waals surface area contributed by atoms with E-state index in [9.17, 15) is 9.18 Å². The van der Waals surface area contributed by atoms with Crippen molar-refractivity contribution in [3.05, 3.63) is 58.3 Å². The number of amides is 1. The van der Waals surface area contributed by atoms with Gasteiger partial charge in [0.05, 0.1) is 12.7 Å². The minimum Gasteiger partial charge on any atom is -0.497 e. The zero-order chi connectivity index (χ0) is 13.8. The largest absolute Gasteiger partial charge is 0.497 e. The summed E-state index contributed by atoms with van der Waals surface area (Å²) >= 11 is 3.16. The third-order valence-electron chi connectivity index (χ3n) is 2.52. The molecule has 5 heteroatoms. The van der Waals surface area contributed by atoms with Gasteiger partial charge in [-0.2, -0.15) is 0 Å². The van der Waals surface area contributed by atoms with Crippen molar-refractivity contribution in [3.63, 3.8) is 0 Å². The second kappa shape index (κ2) is 5.84.